The molecule has 0 amide bonds. The number of halogens is 1. The second kappa shape index (κ2) is 7.54. The van der Waals surface area contributed by atoms with Crippen LogP contribution >= 0.6 is 0 Å². The Bertz CT molecular complexity index is 1060. The van der Waals surface area contributed by atoms with Crippen molar-refractivity contribution in [2.24, 2.45) is 0 Å². The molecule has 0 fully saturated rings. The van der Waals surface area contributed by atoms with E-state index in [1.165, 1.54) is 24.7 Å². The molecule has 3 N–H and O–H groups in total. The molecule has 1 aromatic heterocycles. The van der Waals surface area contributed by atoms with Crippen LogP contribution in [0.3, 0.4) is 0 Å². The first-order valence-electron chi connectivity index (χ1n) is 8.43. The van der Waals surface area contributed by atoms with Gasteiger partial charge >= 0.3 is 11.9 Å². The maximum atomic E-state index is 14.5. The molecule has 0 saturated carbocycles. The third-order valence-corrected chi connectivity index (χ3v) is 4.15. The van der Waals surface area contributed by atoms with E-state index < -0.39 is 34.7 Å². The van der Waals surface area contributed by atoms with Crippen molar-refractivity contribution < 1.29 is 38.8 Å². The van der Waals surface area contributed by atoms with E-state index in [0.717, 1.165) is 6.07 Å². The largest absolute Gasteiger partial charge is 0.491 e. The minimum absolute atomic E-state index is 0.0110. The number of carboxylic acids is 2. The van der Waals surface area contributed by atoms with E-state index in [1.807, 2.05) is 0 Å². The summed E-state index contributed by atoms with van der Waals surface area (Å²) in [7, 11) is 1.39. The smallest absolute Gasteiger partial charge is 0.357 e. The van der Waals surface area contributed by atoms with Crippen LogP contribution in [0.25, 0.3) is 11.4 Å². The van der Waals surface area contributed by atoms with Gasteiger partial charge in [0.25, 0.3) is 0 Å². The van der Waals surface area contributed by atoms with Crippen LogP contribution in [-0.4, -0.2) is 62.7 Å². The molecule has 0 saturated heterocycles. The third-order valence-electron chi connectivity index (χ3n) is 4.15. The summed E-state index contributed by atoms with van der Waals surface area (Å²) < 4.78 is 26.0. The molecule has 2 aromatic rings. The lowest BCUT2D eigenvalue weighted by Gasteiger charge is -2.14. The van der Waals surface area contributed by atoms with Crippen LogP contribution in [0.5, 0.6) is 5.75 Å². The van der Waals surface area contributed by atoms with E-state index in [2.05, 4.69) is 16.8 Å². The van der Waals surface area contributed by atoms with Gasteiger partial charge in [0.1, 0.15) is 29.6 Å². The first-order chi connectivity index (χ1) is 13.6. The fourth-order valence-corrected chi connectivity index (χ4v) is 2.95. The highest BCUT2D eigenvalue weighted by Gasteiger charge is 2.30. The number of benzene rings is 1. The van der Waals surface area contributed by atoms with Crippen LogP contribution in [0.1, 0.15) is 33.5 Å². The monoisotopic (exact) mass is 404 g/mol. The Balaban J connectivity index is 2.20. The van der Waals surface area contributed by atoms with Crippen LogP contribution < -0.4 is 4.74 Å². The second-order valence-electron chi connectivity index (χ2n) is 6.53. The third kappa shape index (κ3) is 3.91. The number of fused-ring (bicyclic) bond motifs is 3. The zero-order valence-corrected chi connectivity index (χ0v) is 15.5. The van der Waals surface area contributed by atoms with Gasteiger partial charge in [0.2, 0.25) is 0 Å². The lowest BCUT2D eigenvalue weighted by atomic mass is 10.1. The minimum Gasteiger partial charge on any atom is -0.491 e. The van der Waals surface area contributed by atoms with Crippen molar-refractivity contribution in [1.82, 2.24) is 9.55 Å². The van der Waals surface area contributed by atoms with Gasteiger partial charge in [0, 0.05) is 13.2 Å². The number of rotatable bonds is 4. The number of hydrogen-bond donors (Lipinski definition) is 3. The Kier molecular flexibility index (Phi) is 5.28. The number of carboxylic acid groups (broad SMARTS) is 2. The zero-order valence-electron chi connectivity index (χ0n) is 15.5. The molecule has 0 bridgehead atoms. The Morgan fingerprint density at radius 2 is 2.10 bits per heavy atom. The maximum Gasteiger partial charge on any atom is 0.357 e. The van der Waals surface area contributed by atoms with Gasteiger partial charge in [-0.25, -0.2) is 19.0 Å². The van der Waals surface area contributed by atoms with Gasteiger partial charge in [0.15, 0.2) is 11.4 Å². The van der Waals surface area contributed by atoms with Crippen LogP contribution in [-0.2, 0) is 11.3 Å². The minimum atomic E-state index is -1.52. The predicted octanol–water partition coefficient (Wildman–Crippen LogP) is 1.23. The highest BCUT2D eigenvalue weighted by atomic mass is 19.1. The average Bonchev–Trinajstić information content (AvgIpc) is 2.93. The average molecular weight is 404 g/mol. The molecular weight excluding hydrogens is 387 g/mol. The van der Waals surface area contributed by atoms with Gasteiger partial charge in [0.05, 0.1) is 24.3 Å². The lowest BCUT2D eigenvalue weighted by Crippen LogP contribution is -2.27. The normalized spacial score (nSPS) is 14.3. The Labute approximate surface area is 164 Å². The summed E-state index contributed by atoms with van der Waals surface area (Å²) in [4.78, 5) is 27.0. The summed E-state index contributed by atoms with van der Waals surface area (Å²) in [6.07, 6.45) is 0. The number of ether oxygens (including phenoxy) is 2. The van der Waals surface area contributed by atoms with Gasteiger partial charge in [-0.15, -0.1) is 0 Å². The quantitative estimate of drug-likeness (QED) is 0.649. The number of carbonyl (C=O) groups is 2. The molecule has 29 heavy (non-hydrogen) atoms. The van der Waals surface area contributed by atoms with Gasteiger partial charge in [-0.1, -0.05) is 11.8 Å². The topological polar surface area (TPSA) is 131 Å². The van der Waals surface area contributed by atoms with E-state index in [9.17, 15) is 29.3 Å². The van der Waals surface area contributed by atoms with E-state index in [0.29, 0.717) is 0 Å². The van der Waals surface area contributed by atoms with Crippen molar-refractivity contribution in [2.45, 2.75) is 19.1 Å². The SMILES string of the molecule is COCC(C)(O)C#Cc1cc2c(cc1F)OCCn1c-2nc(C(=O)O)c1C(=O)O. The fourth-order valence-electron chi connectivity index (χ4n) is 2.95. The summed E-state index contributed by atoms with van der Waals surface area (Å²) in [5.74, 6) is 1.44. The second-order valence-corrected chi connectivity index (χ2v) is 6.53. The summed E-state index contributed by atoms with van der Waals surface area (Å²) in [6, 6.07) is 2.34. The standard InChI is InChI=1S/C19H17FN2O7/c1-19(27,9-28-2)4-3-10-7-11-13(8-12(10)20)29-6-5-22-15(18(25)26)14(17(23)24)21-16(11)22/h7-8,27H,5-6,9H2,1-2H3,(H,23,24)(H,25,26). The molecule has 1 unspecified atom stereocenters. The van der Waals surface area contributed by atoms with Crippen molar-refractivity contribution in [1.29, 1.82) is 0 Å². The molecule has 1 aromatic carbocycles. The first kappa shape index (κ1) is 20.3. The van der Waals surface area contributed by atoms with Crippen molar-refractivity contribution in [2.75, 3.05) is 20.3 Å². The molecule has 3 rings (SSSR count). The Morgan fingerprint density at radius 3 is 2.72 bits per heavy atom. The van der Waals surface area contributed by atoms with Crippen molar-refractivity contribution in [3.05, 3.63) is 34.9 Å². The molecule has 9 nitrogen and oxygen atoms in total. The molecule has 2 heterocycles. The van der Waals surface area contributed by atoms with Crippen LogP contribution in [0.15, 0.2) is 12.1 Å². The summed E-state index contributed by atoms with van der Waals surface area (Å²) in [5.41, 5.74) is -2.55. The molecule has 152 valence electrons. The van der Waals surface area contributed by atoms with Gasteiger partial charge < -0.3 is 29.4 Å². The molecule has 1 aliphatic heterocycles. The molecule has 0 aliphatic carbocycles. The molecule has 0 radical (unpaired) electrons. The zero-order chi connectivity index (χ0) is 21.3. The van der Waals surface area contributed by atoms with Gasteiger partial charge in [-0.2, -0.15) is 0 Å². The van der Waals surface area contributed by atoms with E-state index >= 15 is 0 Å². The van der Waals surface area contributed by atoms with Gasteiger partial charge in [-0.05, 0) is 13.0 Å². The lowest BCUT2D eigenvalue weighted by molar-refractivity contribution is 0.0274. The number of aliphatic hydroxyl groups is 1. The number of hydrogen-bond acceptors (Lipinski definition) is 6. The highest BCUT2D eigenvalue weighted by Crippen LogP contribution is 2.35. The number of nitrogens with zero attached hydrogens (tertiary/aromatic N) is 2. The Hall–Kier alpha value is -3.42. The summed E-state index contributed by atoms with van der Waals surface area (Å²) in [5, 5.41) is 28.8. The van der Waals surface area contributed by atoms with E-state index in [4.69, 9.17) is 9.47 Å². The number of aromatic nitrogens is 2. The summed E-state index contributed by atoms with van der Waals surface area (Å²) in [6.45, 7) is 1.31. The number of imidazole rings is 1. The molecular formula is C19H17FN2O7. The van der Waals surface area contributed by atoms with Crippen LogP contribution in [0.4, 0.5) is 4.39 Å². The number of methoxy groups -OCH3 is 1. The van der Waals surface area contributed by atoms with Crippen LogP contribution in [0.2, 0.25) is 0 Å². The first-order valence-corrected chi connectivity index (χ1v) is 8.43. The van der Waals surface area contributed by atoms with E-state index in [1.54, 1.807) is 0 Å². The van der Waals surface area contributed by atoms with Crippen molar-refractivity contribution in [3.63, 3.8) is 0 Å². The maximum absolute atomic E-state index is 14.5. The summed E-state index contributed by atoms with van der Waals surface area (Å²) >= 11 is 0. The van der Waals surface area contributed by atoms with Crippen molar-refractivity contribution in [3.8, 4) is 29.0 Å². The molecule has 1 aliphatic rings. The molecule has 10 heteroatoms. The van der Waals surface area contributed by atoms with Gasteiger partial charge in [-0.3, -0.25) is 0 Å². The number of aromatic carboxylic acids is 2. The molecule has 1 atom stereocenters. The van der Waals surface area contributed by atoms with Crippen LogP contribution in [0, 0.1) is 17.7 Å². The molecule has 0 spiro atoms. The Morgan fingerprint density at radius 1 is 1.38 bits per heavy atom. The van der Waals surface area contributed by atoms with Crippen molar-refractivity contribution >= 4 is 11.9 Å². The van der Waals surface area contributed by atoms with E-state index in [-0.39, 0.29) is 42.5 Å². The fraction of sp³-hybridized carbons (Fsp3) is 0.316. The predicted molar refractivity (Wildman–Crippen MR) is 96.4 cm³/mol. The highest BCUT2D eigenvalue weighted by molar-refractivity contribution is 6.00.